The van der Waals surface area contributed by atoms with Crippen molar-refractivity contribution in [1.29, 1.82) is 0 Å². The predicted molar refractivity (Wildman–Crippen MR) is 95.9 cm³/mol. The van der Waals surface area contributed by atoms with Crippen LogP contribution in [-0.4, -0.2) is 36.0 Å². The number of urea groups is 1. The van der Waals surface area contributed by atoms with Crippen molar-refractivity contribution in [2.24, 2.45) is 0 Å². The van der Waals surface area contributed by atoms with Crippen LogP contribution < -0.4 is 10.6 Å². The summed E-state index contributed by atoms with van der Waals surface area (Å²) in [6.45, 7) is 2.40. The number of nitrogens with zero attached hydrogens (tertiary/aromatic N) is 1. The fourth-order valence-corrected chi connectivity index (χ4v) is 3.03. The van der Waals surface area contributed by atoms with E-state index in [-0.39, 0.29) is 11.9 Å². The second-order valence-electron chi connectivity index (χ2n) is 6.52. The second-order valence-corrected chi connectivity index (χ2v) is 6.95. The molecule has 1 saturated carbocycles. The van der Waals surface area contributed by atoms with E-state index < -0.39 is 12.1 Å². The molecule has 0 aromatic heterocycles. The molecule has 2 rings (SSSR count). The monoisotopic (exact) mass is 351 g/mol. The fourth-order valence-electron chi connectivity index (χ4n) is 2.90. The van der Waals surface area contributed by atoms with Crippen LogP contribution in [0.25, 0.3) is 0 Å². The van der Waals surface area contributed by atoms with Crippen molar-refractivity contribution in [1.82, 2.24) is 15.5 Å². The first-order chi connectivity index (χ1) is 11.5. The van der Waals surface area contributed by atoms with Gasteiger partial charge in [0.25, 0.3) is 0 Å². The van der Waals surface area contributed by atoms with Crippen LogP contribution in [0.15, 0.2) is 24.3 Å². The maximum atomic E-state index is 12.2. The number of amides is 3. The third-order valence-electron chi connectivity index (χ3n) is 4.56. The normalized spacial score (nSPS) is 16.7. The van der Waals surface area contributed by atoms with Crippen LogP contribution >= 0.6 is 11.6 Å². The molecule has 1 aromatic carbocycles. The first-order valence-electron chi connectivity index (χ1n) is 8.51. The third kappa shape index (κ3) is 5.80. The summed E-state index contributed by atoms with van der Waals surface area (Å²) < 4.78 is 0. The number of rotatable bonds is 5. The Morgan fingerprint density at radius 2 is 1.83 bits per heavy atom. The van der Waals surface area contributed by atoms with Gasteiger partial charge < -0.3 is 5.32 Å². The van der Waals surface area contributed by atoms with E-state index in [1.807, 2.05) is 36.2 Å². The smallest absolute Gasteiger partial charge is 0.321 e. The maximum absolute atomic E-state index is 12.2. The number of hydrogen-bond donors (Lipinski definition) is 2. The van der Waals surface area contributed by atoms with Crippen molar-refractivity contribution in [3.63, 3.8) is 0 Å². The minimum Gasteiger partial charge on any atom is -0.335 e. The molecule has 1 atom stereocenters. The van der Waals surface area contributed by atoms with E-state index in [9.17, 15) is 9.59 Å². The number of hydrogen-bond acceptors (Lipinski definition) is 3. The molecule has 2 N–H and O–H groups in total. The molecule has 0 heterocycles. The Hall–Kier alpha value is -1.59. The van der Waals surface area contributed by atoms with Gasteiger partial charge in [-0.05, 0) is 44.5 Å². The summed E-state index contributed by atoms with van der Waals surface area (Å²) in [7, 11) is 1.86. The summed E-state index contributed by atoms with van der Waals surface area (Å²) in [4.78, 5) is 26.1. The first-order valence-corrected chi connectivity index (χ1v) is 8.89. The van der Waals surface area contributed by atoms with Gasteiger partial charge in [-0.15, -0.1) is 0 Å². The molecule has 132 valence electrons. The molecule has 0 radical (unpaired) electrons. The Balaban J connectivity index is 1.79. The molecule has 24 heavy (non-hydrogen) atoms. The third-order valence-corrected chi connectivity index (χ3v) is 4.81. The lowest BCUT2D eigenvalue weighted by molar-refractivity contribution is -0.124. The molecule has 0 spiro atoms. The highest BCUT2D eigenvalue weighted by molar-refractivity contribution is 6.30. The summed E-state index contributed by atoms with van der Waals surface area (Å²) in [6, 6.07) is 6.91. The summed E-state index contributed by atoms with van der Waals surface area (Å²) in [5, 5.41) is 6.03. The minimum absolute atomic E-state index is 0.189. The molecule has 5 nitrogen and oxygen atoms in total. The van der Waals surface area contributed by atoms with E-state index in [1.165, 1.54) is 6.42 Å². The van der Waals surface area contributed by atoms with Crippen LogP contribution in [0.5, 0.6) is 0 Å². The quantitative estimate of drug-likeness (QED) is 0.855. The van der Waals surface area contributed by atoms with E-state index in [4.69, 9.17) is 11.6 Å². The second kappa shape index (κ2) is 9.04. The van der Waals surface area contributed by atoms with Crippen LogP contribution in [0, 0.1) is 0 Å². The number of benzene rings is 1. The number of carbonyl (C=O) groups excluding carboxylic acids is 2. The van der Waals surface area contributed by atoms with Gasteiger partial charge in [-0.3, -0.25) is 15.0 Å². The lowest BCUT2D eigenvalue weighted by Gasteiger charge is -2.25. The average Bonchev–Trinajstić information content (AvgIpc) is 2.57. The molecule has 1 aromatic rings. The lowest BCUT2D eigenvalue weighted by atomic mass is 9.96. The Bertz CT molecular complexity index is 556. The molecule has 0 saturated heterocycles. The van der Waals surface area contributed by atoms with Crippen LogP contribution in [0.2, 0.25) is 5.02 Å². The van der Waals surface area contributed by atoms with E-state index in [0.29, 0.717) is 11.6 Å². The Morgan fingerprint density at radius 1 is 1.21 bits per heavy atom. The number of halogens is 1. The van der Waals surface area contributed by atoms with Gasteiger partial charge >= 0.3 is 6.03 Å². The predicted octanol–water partition coefficient (Wildman–Crippen LogP) is 3.32. The van der Waals surface area contributed by atoms with Gasteiger partial charge in [-0.1, -0.05) is 43.0 Å². The van der Waals surface area contributed by atoms with E-state index in [1.54, 1.807) is 6.92 Å². The van der Waals surface area contributed by atoms with Gasteiger partial charge in [0.1, 0.15) is 0 Å². The van der Waals surface area contributed by atoms with Crippen molar-refractivity contribution in [3.8, 4) is 0 Å². The summed E-state index contributed by atoms with van der Waals surface area (Å²) in [5.74, 6) is -0.292. The molecule has 0 bridgehead atoms. The Morgan fingerprint density at radius 3 is 2.46 bits per heavy atom. The van der Waals surface area contributed by atoms with Crippen LogP contribution in [0.3, 0.4) is 0 Å². The van der Waals surface area contributed by atoms with Gasteiger partial charge in [0.15, 0.2) is 0 Å². The van der Waals surface area contributed by atoms with E-state index in [2.05, 4.69) is 10.6 Å². The van der Waals surface area contributed by atoms with Gasteiger partial charge in [0.05, 0.1) is 6.04 Å². The van der Waals surface area contributed by atoms with E-state index in [0.717, 1.165) is 31.2 Å². The highest BCUT2D eigenvalue weighted by atomic mass is 35.5. The SMILES string of the molecule is CC(C(=O)NC(=O)NC1CCCCC1)N(C)Cc1ccc(Cl)cc1. The topological polar surface area (TPSA) is 61.4 Å². The van der Waals surface area contributed by atoms with E-state index >= 15 is 0 Å². The molecule has 1 aliphatic carbocycles. The lowest BCUT2D eigenvalue weighted by Crippen LogP contribution is -2.50. The van der Waals surface area contributed by atoms with Crippen molar-refractivity contribution in [3.05, 3.63) is 34.9 Å². The van der Waals surface area contributed by atoms with Gasteiger partial charge in [-0.2, -0.15) is 0 Å². The van der Waals surface area contributed by atoms with Gasteiger partial charge in [0, 0.05) is 17.6 Å². The first kappa shape index (κ1) is 18.7. The van der Waals surface area contributed by atoms with Gasteiger partial charge in [0.2, 0.25) is 5.91 Å². The maximum Gasteiger partial charge on any atom is 0.321 e. The molecule has 6 heteroatoms. The Labute approximate surface area is 148 Å². The highest BCUT2D eigenvalue weighted by Crippen LogP contribution is 2.17. The molecular weight excluding hydrogens is 326 g/mol. The molecule has 1 fully saturated rings. The highest BCUT2D eigenvalue weighted by Gasteiger charge is 2.22. The number of nitrogens with one attached hydrogen (secondary N) is 2. The number of likely N-dealkylation sites (N-methyl/N-ethyl adjacent to an activating group) is 1. The molecule has 1 unspecified atom stereocenters. The largest absolute Gasteiger partial charge is 0.335 e. The molecular formula is C18H26ClN3O2. The number of imide groups is 1. The van der Waals surface area contributed by atoms with Crippen molar-refractivity contribution in [2.45, 2.75) is 57.7 Å². The zero-order valence-electron chi connectivity index (χ0n) is 14.3. The summed E-state index contributed by atoms with van der Waals surface area (Å²) in [6.07, 6.45) is 5.49. The molecule has 3 amide bonds. The van der Waals surface area contributed by atoms with Crippen LogP contribution in [0.1, 0.15) is 44.6 Å². The number of carbonyl (C=O) groups is 2. The summed E-state index contributed by atoms with van der Waals surface area (Å²) in [5.41, 5.74) is 1.06. The van der Waals surface area contributed by atoms with Crippen molar-refractivity contribution < 1.29 is 9.59 Å². The molecule has 1 aliphatic rings. The zero-order valence-corrected chi connectivity index (χ0v) is 15.1. The zero-order chi connectivity index (χ0) is 17.5. The van der Waals surface area contributed by atoms with Crippen molar-refractivity contribution in [2.75, 3.05) is 7.05 Å². The van der Waals surface area contributed by atoms with Crippen LogP contribution in [-0.2, 0) is 11.3 Å². The van der Waals surface area contributed by atoms with Crippen molar-refractivity contribution >= 4 is 23.5 Å². The minimum atomic E-state index is -0.405. The van der Waals surface area contributed by atoms with Gasteiger partial charge in [-0.25, -0.2) is 4.79 Å². The standard InChI is InChI=1S/C18H26ClN3O2/c1-13(22(2)12-14-8-10-15(19)11-9-14)17(23)21-18(24)20-16-6-4-3-5-7-16/h8-11,13,16H,3-7,12H2,1-2H3,(H2,20,21,23,24). The Kier molecular flexibility index (Phi) is 7.06. The average molecular weight is 352 g/mol. The molecule has 0 aliphatic heterocycles. The van der Waals surface area contributed by atoms with Crippen LogP contribution in [0.4, 0.5) is 4.79 Å². The fraction of sp³-hybridized carbons (Fsp3) is 0.556. The summed E-state index contributed by atoms with van der Waals surface area (Å²) >= 11 is 5.88.